The molecule has 0 aromatic rings. The summed E-state index contributed by atoms with van der Waals surface area (Å²) in [5.41, 5.74) is 0.500. The highest BCUT2D eigenvalue weighted by Gasteiger charge is 1.95. The Morgan fingerprint density at radius 3 is 0.875 bits per heavy atom. The van der Waals surface area contributed by atoms with Gasteiger partial charge in [0.2, 0.25) is 0 Å². The van der Waals surface area contributed by atoms with Gasteiger partial charge < -0.3 is 9.64 Å². The minimum Gasteiger partial charge on any atom is -0.388 e. The lowest BCUT2D eigenvalue weighted by Crippen LogP contribution is -1.99. The molecule has 0 bridgehead atoms. The molecule has 3 heteroatoms. The van der Waals surface area contributed by atoms with Crippen LogP contribution >= 0.6 is 11.8 Å². The van der Waals surface area contributed by atoms with E-state index in [-0.39, 0.29) is 7.43 Å². The van der Waals surface area contributed by atoms with Gasteiger partial charge in [-0.1, -0.05) is 35.1 Å². The maximum atomic E-state index is 4.25. The first kappa shape index (κ1) is 29.9. The lowest BCUT2D eigenvalue weighted by Gasteiger charge is -2.05. The van der Waals surface area contributed by atoms with E-state index in [1.165, 1.54) is 0 Å². The van der Waals surface area contributed by atoms with Crippen molar-refractivity contribution in [2.24, 2.45) is 5.41 Å². The van der Waals surface area contributed by atoms with Crippen LogP contribution in [-0.2, 0) is 4.74 Å². The van der Waals surface area contributed by atoms with Crippen molar-refractivity contribution in [1.82, 2.24) is 4.90 Å². The Kier molecular flexibility index (Phi) is 45.7. The fourth-order valence-electron chi connectivity index (χ4n) is 0. The number of methoxy groups -OCH3 is 1. The summed E-state index contributed by atoms with van der Waals surface area (Å²) >= 11 is 1.75. The number of ether oxygens (including phenoxy) is 1. The third-order valence-electron chi connectivity index (χ3n) is 0. The van der Waals surface area contributed by atoms with Crippen LogP contribution in [-0.4, -0.2) is 52.8 Å². The standard InChI is InChI=1S/C5H12.C3H9N.C2H6O.C2H6S.CH4/c1-5(2,3)4;1-4(2)3;2*1-3-2;/h1-4H3;1-3H3;2*1-2H3;1H4. The summed E-state index contributed by atoms with van der Waals surface area (Å²) in [7, 11) is 9.25. The van der Waals surface area contributed by atoms with Crippen LogP contribution in [0.3, 0.4) is 0 Å². The van der Waals surface area contributed by atoms with E-state index in [1.54, 1.807) is 26.0 Å². The maximum absolute atomic E-state index is 4.25. The van der Waals surface area contributed by atoms with Gasteiger partial charge in [-0.25, -0.2) is 0 Å². The molecule has 0 atom stereocenters. The number of hydrogen-bond donors (Lipinski definition) is 0. The third kappa shape index (κ3) is 34500. The van der Waals surface area contributed by atoms with E-state index >= 15 is 0 Å². The predicted molar refractivity (Wildman–Crippen MR) is 83.8 cm³/mol. The first-order valence-electron chi connectivity index (χ1n) is 4.97. The summed E-state index contributed by atoms with van der Waals surface area (Å²) in [4.78, 5) is 2.00. The molecule has 0 rings (SSSR count). The van der Waals surface area contributed by atoms with E-state index in [2.05, 4.69) is 32.4 Å². The van der Waals surface area contributed by atoms with Crippen molar-refractivity contribution < 1.29 is 4.74 Å². The lowest BCUT2D eigenvalue weighted by atomic mass is 10.0. The van der Waals surface area contributed by atoms with Crippen molar-refractivity contribution in [2.45, 2.75) is 35.1 Å². The summed E-state index contributed by atoms with van der Waals surface area (Å²) in [6.45, 7) is 8.75. The van der Waals surface area contributed by atoms with E-state index in [1.807, 2.05) is 38.6 Å². The number of thioether (sulfide) groups is 1. The van der Waals surface area contributed by atoms with Crippen molar-refractivity contribution >= 4 is 11.8 Å². The quantitative estimate of drug-likeness (QED) is 0.646. The van der Waals surface area contributed by atoms with E-state index in [0.717, 1.165) is 0 Å². The second-order valence-electron chi connectivity index (χ2n) is 5.16. The molecule has 0 unspecified atom stereocenters. The van der Waals surface area contributed by atoms with Crippen LogP contribution in [0.15, 0.2) is 0 Å². The molecule has 0 radical (unpaired) electrons. The Hall–Kier alpha value is 0.270. The molecule has 106 valence electrons. The van der Waals surface area contributed by atoms with E-state index in [0.29, 0.717) is 5.41 Å². The van der Waals surface area contributed by atoms with Gasteiger partial charge in [0.05, 0.1) is 0 Å². The zero-order chi connectivity index (χ0) is 13.5. The minimum absolute atomic E-state index is 0. The van der Waals surface area contributed by atoms with Crippen LogP contribution < -0.4 is 0 Å². The summed E-state index contributed by atoms with van der Waals surface area (Å²) in [5.74, 6) is 0. The molecular weight excluding hydrogens is 218 g/mol. The summed E-state index contributed by atoms with van der Waals surface area (Å²) < 4.78 is 4.25. The second-order valence-corrected chi connectivity index (χ2v) is 5.97. The lowest BCUT2D eigenvalue weighted by molar-refractivity contribution is 0.277. The van der Waals surface area contributed by atoms with Crippen molar-refractivity contribution in [2.75, 3.05) is 47.9 Å². The average Bonchev–Trinajstić information content (AvgIpc) is 1.82. The van der Waals surface area contributed by atoms with E-state index < -0.39 is 0 Å². The number of hydrogen-bond acceptors (Lipinski definition) is 3. The molecule has 0 amide bonds. The summed E-state index contributed by atoms with van der Waals surface area (Å²) in [6.07, 6.45) is 4.08. The molecule has 0 aromatic heterocycles. The Morgan fingerprint density at radius 2 is 0.875 bits per heavy atom. The average molecular weight is 256 g/mol. The summed E-state index contributed by atoms with van der Waals surface area (Å²) in [6, 6.07) is 0. The van der Waals surface area contributed by atoms with Crippen molar-refractivity contribution in [3.8, 4) is 0 Å². The first-order valence-corrected chi connectivity index (χ1v) is 6.61. The second kappa shape index (κ2) is 24.5. The molecule has 0 saturated carbocycles. The molecule has 0 aliphatic heterocycles. The fourth-order valence-corrected chi connectivity index (χ4v) is 0. The Morgan fingerprint density at radius 1 is 0.875 bits per heavy atom. The Labute approximate surface area is 110 Å². The predicted octanol–water partition coefficient (Wildman–Crippen LogP) is 4.11. The Bertz CT molecular complexity index is 69.7. The van der Waals surface area contributed by atoms with E-state index in [9.17, 15) is 0 Å². The molecule has 2 nitrogen and oxygen atoms in total. The van der Waals surface area contributed by atoms with Gasteiger partial charge in [-0.05, 0) is 39.1 Å². The van der Waals surface area contributed by atoms with Gasteiger partial charge in [-0.2, -0.15) is 11.8 Å². The zero-order valence-electron chi connectivity index (χ0n) is 12.8. The number of rotatable bonds is 0. The van der Waals surface area contributed by atoms with Gasteiger partial charge in [0, 0.05) is 14.2 Å². The Balaban J connectivity index is -0.0000000338. The largest absolute Gasteiger partial charge is 0.388 e. The van der Waals surface area contributed by atoms with Crippen LogP contribution in [0.5, 0.6) is 0 Å². The SMILES string of the molecule is C.CC(C)(C)C.CN(C)C.COC.CSC. The van der Waals surface area contributed by atoms with Gasteiger partial charge in [0.15, 0.2) is 0 Å². The van der Waals surface area contributed by atoms with Gasteiger partial charge in [-0.15, -0.1) is 0 Å². The van der Waals surface area contributed by atoms with Gasteiger partial charge in [-0.3, -0.25) is 0 Å². The van der Waals surface area contributed by atoms with Crippen LogP contribution in [0, 0.1) is 5.41 Å². The van der Waals surface area contributed by atoms with Crippen LogP contribution in [0.25, 0.3) is 0 Å². The molecule has 0 heterocycles. The van der Waals surface area contributed by atoms with Gasteiger partial charge in [0.25, 0.3) is 0 Å². The molecule has 0 aromatic carbocycles. The van der Waals surface area contributed by atoms with Crippen LogP contribution in [0.2, 0.25) is 0 Å². The van der Waals surface area contributed by atoms with Gasteiger partial charge >= 0.3 is 0 Å². The highest BCUT2D eigenvalue weighted by atomic mass is 32.2. The van der Waals surface area contributed by atoms with Crippen LogP contribution in [0.1, 0.15) is 35.1 Å². The third-order valence-corrected chi connectivity index (χ3v) is 0. The molecule has 0 aliphatic carbocycles. The molecular formula is C13H37NOS. The van der Waals surface area contributed by atoms with Crippen molar-refractivity contribution in [3.63, 3.8) is 0 Å². The first-order chi connectivity index (χ1) is 6.56. The van der Waals surface area contributed by atoms with Crippen molar-refractivity contribution in [3.05, 3.63) is 0 Å². The molecule has 0 spiro atoms. The highest BCUT2D eigenvalue weighted by molar-refractivity contribution is 7.97. The smallest absolute Gasteiger partial charge is 0.0351 e. The molecule has 0 aliphatic rings. The molecule has 0 saturated heterocycles. The van der Waals surface area contributed by atoms with Crippen molar-refractivity contribution in [1.29, 1.82) is 0 Å². The topological polar surface area (TPSA) is 12.5 Å². The monoisotopic (exact) mass is 255 g/mol. The normalized spacial score (nSPS) is 8.25. The van der Waals surface area contributed by atoms with Crippen LogP contribution in [0.4, 0.5) is 0 Å². The molecule has 0 N–H and O–H groups in total. The van der Waals surface area contributed by atoms with E-state index in [4.69, 9.17) is 0 Å². The highest BCUT2D eigenvalue weighted by Crippen LogP contribution is 2.07. The van der Waals surface area contributed by atoms with Gasteiger partial charge in [0.1, 0.15) is 0 Å². The fraction of sp³-hybridized carbons (Fsp3) is 1.00. The number of nitrogens with zero attached hydrogens (tertiary/aromatic N) is 1. The maximum Gasteiger partial charge on any atom is 0.0351 e. The molecule has 16 heavy (non-hydrogen) atoms. The summed E-state index contributed by atoms with van der Waals surface area (Å²) in [5, 5.41) is 0. The zero-order valence-corrected chi connectivity index (χ0v) is 13.6. The molecule has 0 fully saturated rings. The minimum atomic E-state index is 0.